The van der Waals surface area contributed by atoms with Crippen molar-refractivity contribution in [3.05, 3.63) is 63.9 Å². The highest BCUT2D eigenvalue weighted by molar-refractivity contribution is 8.27. The fourth-order valence-corrected chi connectivity index (χ4v) is 4.30. The number of halogens is 2. The van der Waals surface area contributed by atoms with Crippen molar-refractivity contribution in [3.63, 3.8) is 0 Å². The Morgan fingerprint density at radius 1 is 1.30 bits per heavy atom. The van der Waals surface area contributed by atoms with Crippen molar-refractivity contribution in [2.24, 2.45) is 16.0 Å². The third kappa shape index (κ3) is 4.65. The molecule has 2 aromatic rings. The molecule has 0 bridgehead atoms. The van der Waals surface area contributed by atoms with Crippen molar-refractivity contribution >= 4 is 51.4 Å². The summed E-state index contributed by atoms with van der Waals surface area (Å²) < 4.78 is 25.0. The Balaban J connectivity index is 1.62. The smallest absolute Gasteiger partial charge is 0.283 e. The number of nitrogens with zero attached hydrogens (tertiary/aromatic N) is 3. The molecular weight excluding hydrogens is 467 g/mol. The van der Waals surface area contributed by atoms with E-state index in [1.54, 1.807) is 30.3 Å². The Morgan fingerprint density at radius 2 is 2.06 bits per heavy atom. The highest BCUT2D eigenvalue weighted by Gasteiger charge is 2.36. The molecule has 0 radical (unpaired) electrons. The quantitative estimate of drug-likeness (QED) is 0.557. The number of hydrazone groups is 1. The van der Waals surface area contributed by atoms with Crippen LogP contribution in [0.2, 0.25) is 5.02 Å². The number of rotatable bonds is 6. The number of thioether (sulfide) groups is 1. The van der Waals surface area contributed by atoms with E-state index in [4.69, 9.17) is 26.5 Å². The molecule has 2 aliphatic rings. The molecule has 10 heteroatoms. The SMILES string of the molecule is COc1cc(/C=C2/C(=N)N3N=C(C(C)C)SC3=NC2=O)cc(Cl)c1OCc1ccccc1F. The maximum Gasteiger partial charge on any atom is 0.283 e. The van der Waals surface area contributed by atoms with Crippen LogP contribution in [0.1, 0.15) is 25.0 Å². The number of fused-ring (bicyclic) bond motifs is 1. The second kappa shape index (κ2) is 9.36. The zero-order valence-electron chi connectivity index (χ0n) is 18.1. The van der Waals surface area contributed by atoms with Crippen LogP contribution in [0.25, 0.3) is 6.08 Å². The number of carbonyl (C=O) groups is 1. The average Bonchev–Trinajstić information content (AvgIpc) is 3.21. The summed E-state index contributed by atoms with van der Waals surface area (Å²) >= 11 is 7.71. The zero-order chi connectivity index (χ0) is 23.7. The van der Waals surface area contributed by atoms with Crippen LogP contribution in [0.15, 0.2) is 52.1 Å². The lowest BCUT2D eigenvalue weighted by molar-refractivity contribution is -0.114. The molecule has 0 saturated heterocycles. The van der Waals surface area contributed by atoms with Crippen molar-refractivity contribution in [1.29, 1.82) is 5.41 Å². The minimum atomic E-state index is -0.533. The summed E-state index contributed by atoms with van der Waals surface area (Å²) in [6, 6.07) is 9.48. The molecule has 0 fully saturated rings. The molecule has 2 aliphatic heterocycles. The van der Waals surface area contributed by atoms with E-state index < -0.39 is 5.91 Å². The highest BCUT2D eigenvalue weighted by Crippen LogP contribution is 2.38. The molecule has 7 nitrogen and oxygen atoms in total. The molecule has 0 aromatic heterocycles. The van der Waals surface area contributed by atoms with Crippen LogP contribution >= 0.6 is 23.4 Å². The molecule has 1 N–H and O–H groups in total. The predicted octanol–water partition coefficient (Wildman–Crippen LogP) is 5.34. The summed E-state index contributed by atoms with van der Waals surface area (Å²) in [5.41, 5.74) is 0.967. The number of aliphatic imine (C=N–C) groups is 1. The number of hydrogen-bond acceptors (Lipinski definition) is 6. The molecule has 2 aromatic carbocycles. The van der Waals surface area contributed by atoms with Gasteiger partial charge >= 0.3 is 0 Å². The van der Waals surface area contributed by atoms with Gasteiger partial charge in [0.2, 0.25) is 5.17 Å². The molecule has 0 saturated carbocycles. The molecule has 170 valence electrons. The van der Waals surface area contributed by atoms with E-state index in [1.165, 1.54) is 36.0 Å². The van der Waals surface area contributed by atoms with Gasteiger partial charge in [0.05, 0.1) is 17.7 Å². The van der Waals surface area contributed by atoms with Crippen LogP contribution in [-0.4, -0.2) is 34.1 Å². The van der Waals surface area contributed by atoms with Gasteiger partial charge < -0.3 is 9.47 Å². The maximum atomic E-state index is 13.9. The number of ether oxygens (including phenoxy) is 2. The van der Waals surface area contributed by atoms with Gasteiger partial charge in [-0.25, -0.2) is 4.39 Å². The van der Waals surface area contributed by atoms with Crippen LogP contribution in [0.5, 0.6) is 11.5 Å². The predicted molar refractivity (Wildman–Crippen MR) is 129 cm³/mol. The lowest BCUT2D eigenvalue weighted by Crippen LogP contribution is -2.35. The third-order valence-corrected chi connectivity index (χ3v) is 6.35. The number of hydrogen-bond donors (Lipinski definition) is 1. The van der Waals surface area contributed by atoms with Crippen molar-refractivity contribution in [1.82, 2.24) is 5.01 Å². The average molecular weight is 487 g/mol. The fraction of sp³-hybridized carbons (Fsp3) is 0.217. The van der Waals surface area contributed by atoms with E-state index in [0.717, 1.165) is 5.04 Å². The monoisotopic (exact) mass is 486 g/mol. The topological polar surface area (TPSA) is 87.3 Å². The van der Waals surface area contributed by atoms with E-state index >= 15 is 0 Å². The van der Waals surface area contributed by atoms with Crippen molar-refractivity contribution in [3.8, 4) is 11.5 Å². The summed E-state index contributed by atoms with van der Waals surface area (Å²) in [6.45, 7) is 3.93. The Labute approximate surface area is 199 Å². The Morgan fingerprint density at radius 3 is 2.76 bits per heavy atom. The number of nitrogens with one attached hydrogen (secondary N) is 1. The van der Waals surface area contributed by atoms with Gasteiger partial charge in [-0.1, -0.05) is 43.6 Å². The molecule has 33 heavy (non-hydrogen) atoms. The normalized spacial score (nSPS) is 16.8. The number of carbonyl (C=O) groups excluding carboxylic acids is 1. The fourth-order valence-electron chi connectivity index (χ4n) is 3.14. The van der Waals surface area contributed by atoms with Gasteiger partial charge in [0.15, 0.2) is 17.3 Å². The van der Waals surface area contributed by atoms with Gasteiger partial charge in [-0.05, 0) is 41.6 Å². The van der Waals surface area contributed by atoms with Crippen LogP contribution in [0.3, 0.4) is 0 Å². The van der Waals surface area contributed by atoms with Crippen molar-refractivity contribution in [2.45, 2.75) is 20.5 Å². The Kier molecular flexibility index (Phi) is 6.53. The summed E-state index contributed by atoms with van der Waals surface area (Å²) in [7, 11) is 1.45. The van der Waals surface area contributed by atoms with Crippen molar-refractivity contribution in [2.75, 3.05) is 7.11 Å². The van der Waals surface area contributed by atoms with Gasteiger partial charge in [0, 0.05) is 11.5 Å². The largest absolute Gasteiger partial charge is 0.493 e. The highest BCUT2D eigenvalue weighted by atomic mass is 35.5. The van der Waals surface area contributed by atoms with Gasteiger partial charge in [-0.15, -0.1) is 0 Å². The maximum absolute atomic E-state index is 13.9. The summed E-state index contributed by atoms with van der Waals surface area (Å²) in [5.74, 6) is -0.277. The second-order valence-electron chi connectivity index (χ2n) is 7.53. The van der Waals surface area contributed by atoms with Gasteiger partial charge in [0.1, 0.15) is 17.5 Å². The van der Waals surface area contributed by atoms with Crippen LogP contribution in [0.4, 0.5) is 4.39 Å². The summed E-state index contributed by atoms with van der Waals surface area (Å²) in [5, 5.41) is 15.6. The molecular formula is C23H20ClFN4O3S. The summed E-state index contributed by atoms with van der Waals surface area (Å²) in [4.78, 5) is 16.7. The van der Waals surface area contributed by atoms with E-state index in [0.29, 0.717) is 22.0 Å². The molecule has 0 aliphatic carbocycles. The van der Waals surface area contributed by atoms with E-state index in [-0.39, 0.29) is 40.5 Å². The van der Waals surface area contributed by atoms with Gasteiger partial charge in [-0.3, -0.25) is 10.2 Å². The van der Waals surface area contributed by atoms with E-state index in [9.17, 15) is 9.18 Å². The third-order valence-electron chi connectivity index (χ3n) is 4.86. The summed E-state index contributed by atoms with van der Waals surface area (Å²) in [6.07, 6.45) is 1.51. The van der Waals surface area contributed by atoms with Gasteiger partial charge in [-0.2, -0.15) is 15.1 Å². The van der Waals surface area contributed by atoms with Crippen LogP contribution in [-0.2, 0) is 11.4 Å². The van der Waals surface area contributed by atoms with E-state index in [1.807, 2.05) is 13.8 Å². The lowest BCUT2D eigenvalue weighted by atomic mass is 10.1. The minimum absolute atomic E-state index is 0.0351. The molecule has 0 atom stereocenters. The van der Waals surface area contributed by atoms with Gasteiger partial charge in [0.25, 0.3) is 5.91 Å². The lowest BCUT2D eigenvalue weighted by Gasteiger charge is -2.20. The molecule has 0 spiro atoms. The number of amides is 1. The Bertz CT molecular complexity index is 1240. The first-order chi connectivity index (χ1) is 15.8. The number of benzene rings is 2. The first-order valence-corrected chi connectivity index (χ1v) is 11.2. The molecule has 1 amide bonds. The second-order valence-corrected chi connectivity index (χ2v) is 8.92. The molecule has 2 heterocycles. The molecule has 4 rings (SSSR count). The van der Waals surface area contributed by atoms with Crippen LogP contribution < -0.4 is 9.47 Å². The molecule has 0 unspecified atom stereocenters. The standard InChI is InChI=1S/C23H20ClFN4O3S/c1-12(2)22-28-29-20(26)15(21(30)27-23(29)33-22)8-13-9-16(24)19(18(10-13)31-3)32-11-14-6-4-5-7-17(14)25/h4-10,12,26H,11H2,1-3H3/b15-8-,26-20?. The minimum Gasteiger partial charge on any atom is -0.493 e. The first-order valence-electron chi connectivity index (χ1n) is 10.0. The van der Waals surface area contributed by atoms with Crippen LogP contribution in [0, 0.1) is 17.1 Å². The number of amidine groups is 2. The zero-order valence-corrected chi connectivity index (χ0v) is 19.6. The van der Waals surface area contributed by atoms with Crippen molar-refractivity contribution < 1.29 is 18.7 Å². The first kappa shape index (κ1) is 23.0. The Hall–Kier alpha value is -3.17. The van der Waals surface area contributed by atoms with E-state index in [2.05, 4.69) is 10.1 Å². The number of methoxy groups -OCH3 is 1.